The molecule has 0 amide bonds. The number of piperidine rings is 2. The van der Waals surface area contributed by atoms with Gasteiger partial charge in [-0.1, -0.05) is 6.42 Å². The second-order valence-electron chi connectivity index (χ2n) is 6.79. The number of nitrogens with zero attached hydrogens (tertiary/aromatic N) is 2. The first-order valence-electron chi connectivity index (χ1n) is 8.94. The van der Waals surface area contributed by atoms with Crippen molar-refractivity contribution < 1.29 is 9.84 Å². The summed E-state index contributed by atoms with van der Waals surface area (Å²) in [6.45, 7) is 9.88. The lowest BCUT2D eigenvalue weighted by atomic mass is 9.92. The third-order valence-electron chi connectivity index (χ3n) is 5.26. The topological polar surface area (TPSA) is 35.9 Å². The van der Waals surface area contributed by atoms with Crippen LogP contribution in [0.1, 0.15) is 45.4 Å². The fourth-order valence-electron chi connectivity index (χ4n) is 3.70. The molecule has 124 valence electrons. The smallest absolute Gasteiger partial charge is 0.0698 e. The molecule has 2 saturated heterocycles. The van der Waals surface area contributed by atoms with E-state index in [9.17, 15) is 0 Å². The predicted octanol–water partition coefficient (Wildman–Crippen LogP) is 1.97. The lowest BCUT2D eigenvalue weighted by Crippen LogP contribution is -2.40. The van der Waals surface area contributed by atoms with Crippen molar-refractivity contribution in [1.82, 2.24) is 9.80 Å². The monoisotopic (exact) mass is 298 g/mol. The molecule has 0 spiro atoms. The van der Waals surface area contributed by atoms with Crippen molar-refractivity contribution in [1.29, 1.82) is 0 Å². The summed E-state index contributed by atoms with van der Waals surface area (Å²) in [5, 5.41) is 8.68. The number of hydrogen-bond acceptors (Lipinski definition) is 4. The van der Waals surface area contributed by atoms with Gasteiger partial charge in [-0.15, -0.1) is 0 Å². The van der Waals surface area contributed by atoms with Crippen molar-refractivity contribution in [2.75, 3.05) is 52.5 Å². The average Bonchev–Trinajstić information content (AvgIpc) is 2.52. The first-order chi connectivity index (χ1) is 10.3. The average molecular weight is 298 g/mol. The molecule has 2 rings (SSSR count). The number of aliphatic hydroxyl groups is 1. The van der Waals surface area contributed by atoms with E-state index in [1.54, 1.807) is 0 Å². The van der Waals surface area contributed by atoms with Gasteiger partial charge < -0.3 is 19.6 Å². The molecule has 0 saturated carbocycles. The molecule has 0 aromatic heterocycles. The minimum absolute atomic E-state index is 0.136. The number of ether oxygens (including phenoxy) is 1. The van der Waals surface area contributed by atoms with Crippen LogP contribution in [0.25, 0.3) is 0 Å². The molecule has 1 atom stereocenters. The van der Waals surface area contributed by atoms with Crippen molar-refractivity contribution in [3.63, 3.8) is 0 Å². The molecule has 1 N–H and O–H groups in total. The van der Waals surface area contributed by atoms with Gasteiger partial charge in [-0.3, -0.25) is 0 Å². The molecule has 4 heteroatoms. The van der Waals surface area contributed by atoms with Gasteiger partial charge in [0.25, 0.3) is 0 Å². The fraction of sp³-hybridized carbons (Fsp3) is 1.00. The Hall–Kier alpha value is -0.160. The van der Waals surface area contributed by atoms with E-state index in [0.717, 1.165) is 25.1 Å². The van der Waals surface area contributed by atoms with Crippen LogP contribution in [0.2, 0.25) is 0 Å². The highest BCUT2D eigenvalue weighted by Gasteiger charge is 2.22. The molecule has 4 nitrogen and oxygen atoms in total. The zero-order valence-electron chi connectivity index (χ0n) is 13.8. The second kappa shape index (κ2) is 9.78. The Morgan fingerprint density at radius 3 is 2.52 bits per heavy atom. The SMILES string of the molecule is CC1CCCCN1CCC1CCN(CCOCCO)CC1. The number of likely N-dealkylation sites (tertiary alicyclic amines) is 2. The molecular formula is C17H34N2O2. The van der Waals surface area contributed by atoms with E-state index in [2.05, 4.69) is 16.7 Å². The first-order valence-corrected chi connectivity index (χ1v) is 8.94. The van der Waals surface area contributed by atoms with Crippen LogP contribution in [0.3, 0.4) is 0 Å². The third-order valence-corrected chi connectivity index (χ3v) is 5.26. The van der Waals surface area contributed by atoms with Gasteiger partial charge >= 0.3 is 0 Å². The van der Waals surface area contributed by atoms with Crippen molar-refractivity contribution >= 4 is 0 Å². The van der Waals surface area contributed by atoms with E-state index in [1.807, 2.05) is 0 Å². The van der Waals surface area contributed by atoms with E-state index in [4.69, 9.17) is 9.84 Å². The predicted molar refractivity (Wildman–Crippen MR) is 86.6 cm³/mol. The summed E-state index contributed by atoms with van der Waals surface area (Å²) < 4.78 is 5.35. The van der Waals surface area contributed by atoms with Crippen molar-refractivity contribution in [3.8, 4) is 0 Å². The summed E-state index contributed by atoms with van der Waals surface area (Å²) >= 11 is 0. The van der Waals surface area contributed by atoms with Crippen LogP contribution in [0.5, 0.6) is 0 Å². The summed E-state index contributed by atoms with van der Waals surface area (Å²) in [5.41, 5.74) is 0. The van der Waals surface area contributed by atoms with Crippen LogP contribution >= 0.6 is 0 Å². The van der Waals surface area contributed by atoms with E-state index >= 15 is 0 Å². The van der Waals surface area contributed by atoms with Crippen LogP contribution < -0.4 is 0 Å². The van der Waals surface area contributed by atoms with Gasteiger partial charge in [-0.05, 0) is 71.1 Å². The lowest BCUT2D eigenvalue weighted by Gasteiger charge is -2.36. The van der Waals surface area contributed by atoms with Crippen LogP contribution in [-0.2, 0) is 4.74 Å². The first kappa shape index (κ1) is 17.2. The highest BCUT2D eigenvalue weighted by atomic mass is 16.5. The van der Waals surface area contributed by atoms with Crippen molar-refractivity contribution in [2.45, 2.75) is 51.5 Å². The van der Waals surface area contributed by atoms with Gasteiger partial charge in [0, 0.05) is 12.6 Å². The minimum atomic E-state index is 0.136. The van der Waals surface area contributed by atoms with Crippen molar-refractivity contribution in [2.24, 2.45) is 5.92 Å². The highest BCUT2D eigenvalue weighted by molar-refractivity contribution is 4.77. The highest BCUT2D eigenvalue weighted by Crippen LogP contribution is 2.23. The summed E-state index contributed by atoms with van der Waals surface area (Å²) in [5.74, 6) is 0.925. The minimum Gasteiger partial charge on any atom is -0.394 e. The fourth-order valence-corrected chi connectivity index (χ4v) is 3.70. The molecule has 2 aliphatic rings. The lowest BCUT2D eigenvalue weighted by molar-refractivity contribution is 0.0625. The summed E-state index contributed by atoms with van der Waals surface area (Å²) in [6.07, 6.45) is 8.31. The van der Waals surface area contributed by atoms with Crippen LogP contribution in [0.4, 0.5) is 0 Å². The Morgan fingerprint density at radius 1 is 1.00 bits per heavy atom. The molecule has 0 radical (unpaired) electrons. The number of rotatable bonds is 8. The maximum absolute atomic E-state index is 8.68. The number of aliphatic hydroxyl groups excluding tert-OH is 1. The largest absolute Gasteiger partial charge is 0.394 e. The molecule has 2 heterocycles. The van der Waals surface area contributed by atoms with Crippen LogP contribution in [0.15, 0.2) is 0 Å². The van der Waals surface area contributed by atoms with Gasteiger partial charge in [0.15, 0.2) is 0 Å². The summed E-state index contributed by atoms with van der Waals surface area (Å²) in [4.78, 5) is 5.22. The van der Waals surface area contributed by atoms with E-state index in [1.165, 1.54) is 64.7 Å². The standard InChI is InChI=1S/C17H34N2O2/c1-16-4-2-3-8-19(16)11-7-17-5-9-18(10-6-17)12-14-21-15-13-20/h16-17,20H,2-15H2,1H3. The number of hydrogen-bond donors (Lipinski definition) is 1. The third kappa shape index (κ3) is 6.23. The van der Waals surface area contributed by atoms with Gasteiger partial charge in [0.2, 0.25) is 0 Å². The van der Waals surface area contributed by atoms with E-state index in [0.29, 0.717) is 6.61 Å². The van der Waals surface area contributed by atoms with Crippen molar-refractivity contribution in [3.05, 3.63) is 0 Å². The Labute approximate surface area is 130 Å². The summed E-state index contributed by atoms with van der Waals surface area (Å²) in [6, 6.07) is 0.808. The molecule has 0 aromatic rings. The van der Waals surface area contributed by atoms with Gasteiger partial charge in [-0.2, -0.15) is 0 Å². The second-order valence-corrected chi connectivity index (χ2v) is 6.79. The van der Waals surface area contributed by atoms with Gasteiger partial charge in [0.1, 0.15) is 0 Å². The zero-order chi connectivity index (χ0) is 14.9. The van der Waals surface area contributed by atoms with E-state index in [-0.39, 0.29) is 6.61 Å². The molecule has 21 heavy (non-hydrogen) atoms. The normalized spacial score (nSPS) is 26.3. The molecule has 2 aliphatic heterocycles. The zero-order valence-corrected chi connectivity index (χ0v) is 13.8. The molecular weight excluding hydrogens is 264 g/mol. The Morgan fingerprint density at radius 2 is 1.81 bits per heavy atom. The molecule has 0 bridgehead atoms. The molecule has 2 fully saturated rings. The maximum atomic E-state index is 8.68. The quantitative estimate of drug-likeness (QED) is 0.695. The molecule has 1 unspecified atom stereocenters. The van der Waals surface area contributed by atoms with Crippen LogP contribution in [-0.4, -0.2) is 73.5 Å². The Kier molecular flexibility index (Phi) is 8.01. The van der Waals surface area contributed by atoms with Gasteiger partial charge in [0.05, 0.1) is 19.8 Å². The maximum Gasteiger partial charge on any atom is 0.0698 e. The molecule has 0 aromatic carbocycles. The van der Waals surface area contributed by atoms with Crippen LogP contribution in [0, 0.1) is 5.92 Å². The molecule has 0 aliphatic carbocycles. The Balaban J connectivity index is 1.54. The Bertz CT molecular complexity index is 268. The summed E-state index contributed by atoms with van der Waals surface area (Å²) in [7, 11) is 0. The van der Waals surface area contributed by atoms with E-state index < -0.39 is 0 Å². The van der Waals surface area contributed by atoms with Gasteiger partial charge in [-0.25, -0.2) is 0 Å².